The second-order valence-electron chi connectivity index (χ2n) is 4.93. The van der Waals surface area contributed by atoms with E-state index >= 15 is 0 Å². The van der Waals surface area contributed by atoms with Crippen LogP contribution in [0.25, 0.3) is 0 Å². The van der Waals surface area contributed by atoms with Gasteiger partial charge in [-0.3, -0.25) is 4.79 Å². The molecule has 2 rings (SSSR count). The monoisotopic (exact) mass is 322 g/mol. The fourth-order valence-corrected chi connectivity index (χ4v) is 3.46. The molecule has 0 bridgehead atoms. The van der Waals surface area contributed by atoms with Crippen LogP contribution in [0.5, 0.6) is 0 Å². The van der Waals surface area contributed by atoms with Gasteiger partial charge >= 0.3 is 0 Å². The van der Waals surface area contributed by atoms with Gasteiger partial charge in [0.1, 0.15) is 4.88 Å². The Kier molecular flexibility index (Phi) is 6.60. The third-order valence-corrected chi connectivity index (χ3v) is 5.20. The lowest BCUT2D eigenvalue weighted by Crippen LogP contribution is -2.44. The number of aryl methyl sites for hydroxylation is 1. The molecule has 1 fully saturated rings. The molecule has 2 N–H and O–H groups in total. The molecular formula is C13H20Cl2N2OS. The molecule has 2 unspecified atom stereocenters. The van der Waals surface area contributed by atoms with Crippen molar-refractivity contribution in [3.63, 3.8) is 0 Å². The minimum Gasteiger partial charge on any atom is -0.349 e. The maximum absolute atomic E-state index is 12.1. The third kappa shape index (κ3) is 4.09. The average molecular weight is 323 g/mol. The van der Waals surface area contributed by atoms with Crippen LogP contribution in [0.2, 0.25) is 5.02 Å². The van der Waals surface area contributed by atoms with E-state index in [1.807, 2.05) is 12.3 Å². The molecule has 0 aliphatic carbocycles. The minimum absolute atomic E-state index is 0. The smallest absolute Gasteiger partial charge is 0.263 e. The lowest BCUT2D eigenvalue weighted by Gasteiger charge is -2.28. The van der Waals surface area contributed by atoms with Crippen molar-refractivity contribution in [3.05, 3.63) is 20.8 Å². The van der Waals surface area contributed by atoms with Crippen LogP contribution in [-0.2, 0) is 0 Å². The first-order valence-electron chi connectivity index (χ1n) is 6.34. The van der Waals surface area contributed by atoms with Crippen LogP contribution in [0.3, 0.4) is 0 Å². The minimum atomic E-state index is -0.0452. The van der Waals surface area contributed by atoms with E-state index in [0.717, 1.165) is 18.7 Å². The van der Waals surface area contributed by atoms with Crippen LogP contribution in [-0.4, -0.2) is 25.0 Å². The lowest BCUT2D eigenvalue weighted by atomic mass is 9.93. The number of piperidine rings is 1. The molecule has 6 heteroatoms. The van der Waals surface area contributed by atoms with Crippen molar-refractivity contribution >= 4 is 41.3 Å². The molecular weight excluding hydrogens is 303 g/mol. The molecule has 0 spiro atoms. The molecule has 19 heavy (non-hydrogen) atoms. The predicted molar refractivity (Wildman–Crippen MR) is 83.8 cm³/mol. The van der Waals surface area contributed by atoms with Crippen LogP contribution >= 0.6 is 35.3 Å². The van der Waals surface area contributed by atoms with Crippen molar-refractivity contribution < 1.29 is 4.79 Å². The topological polar surface area (TPSA) is 41.1 Å². The Hall–Kier alpha value is -0.290. The molecule has 1 saturated heterocycles. The fraction of sp³-hybridized carbons (Fsp3) is 0.615. The van der Waals surface area contributed by atoms with Crippen molar-refractivity contribution in [1.82, 2.24) is 10.6 Å². The summed E-state index contributed by atoms with van der Waals surface area (Å²) in [7, 11) is 0. The molecule has 1 aliphatic heterocycles. The standard InChI is InChI=1S/C13H19ClN2OS.ClH/c1-8-7-18-12(11(8)14)13(17)16-9(2)10-4-3-5-15-6-10;/h7,9-10,15H,3-6H2,1-2H3,(H,16,17);1H. The maximum Gasteiger partial charge on any atom is 0.263 e. The summed E-state index contributed by atoms with van der Waals surface area (Å²) in [5.41, 5.74) is 0.971. The van der Waals surface area contributed by atoms with Gasteiger partial charge in [0.2, 0.25) is 0 Å². The highest BCUT2D eigenvalue weighted by molar-refractivity contribution is 7.13. The second-order valence-corrected chi connectivity index (χ2v) is 6.19. The van der Waals surface area contributed by atoms with Gasteiger partial charge in [-0.15, -0.1) is 23.7 Å². The van der Waals surface area contributed by atoms with E-state index in [2.05, 4.69) is 17.6 Å². The first-order chi connectivity index (χ1) is 8.59. The summed E-state index contributed by atoms with van der Waals surface area (Å²) in [6, 6.07) is 0.184. The summed E-state index contributed by atoms with van der Waals surface area (Å²) in [6.07, 6.45) is 2.36. The highest BCUT2D eigenvalue weighted by Crippen LogP contribution is 2.27. The van der Waals surface area contributed by atoms with Gasteiger partial charge in [-0.25, -0.2) is 0 Å². The Morgan fingerprint density at radius 2 is 2.37 bits per heavy atom. The van der Waals surface area contributed by atoms with E-state index in [1.165, 1.54) is 24.2 Å². The molecule has 0 radical (unpaired) electrons. The quantitative estimate of drug-likeness (QED) is 0.896. The van der Waals surface area contributed by atoms with Gasteiger partial charge in [-0.05, 0) is 56.6 Å². The number of rotatable bonds is 3. The third-order valence-electron chi connectivity index (χ3n) is 3.51. The maximum atomic E-state index is 12.1. The first kappa shape index (κ1) is 16.8. The summed E-state index contributed by atoms with van der Waals surface area (Å²) < 4.78 is 0. The van der Waals surface area contributed by atoms with E-state index in [0.29, 0.717) is 15.8 Å². The number of carbonyl (C=O) groups is 1. The summed E-state index contributed by atoms with van der Waals surface area (Å²) in [5.74, 6) is 0.471. The van der Waals surface area contributed by atoms with E-state index < -0.39 is 0 Å². The van der Waals surface area contributed by atoms with E-state index in [9.17, 15) is 4.79 Å². The Bertz CT molecular complexity index is 430. The Balaban J connectivity index is 0.00000180. The van der Waals surface area contributed by atoms with Gasteiger partial charge in [-0.2, -0.15) is 0 Å². The first-order valence-corrected chi connectivity index (χ1v) is 7.60. The zero-order valence-corrected chi connectivity index (χ0v) is 13.6. The van der Waals surface area contributed by atoms with Gasteiger partial charge < -0.3 is 10.6 Å². The van der Waals surface area contributed by atoms with E-state index in [-0.39, 0.29) is 24.4 Å². The van der Waals surface area contributed by atoms with Crippen molar-refractivity contribution in [3.8, 4) is 0 Å². The number of nitrogens with one attached hydrogen (secondary N) is 2. The molecule has 0 saturated carbocycles. The van der Waals surface area contributed by atoms with Crippen molar-refractivity contribution in [2.45, 2.75) is 32.7 Å². The summed E-state index contributed by atoms with van der Waals surface area (Å²) in [4.78, 5) is 12.8. The number of carbonyl (C=O) groups excluding carboxylic acids is 1. The molecule has 0 aromatic carbocycles. The predicted octanol–water partition coefficient (Wildman–Crippen LogP) is 3.25. The molecule has 1 aliphatic rings. The summed E-state index contributed by atoms with van der Waals surface area (Å²) in [6.45, 7) is 6.07. The molecule has 108 valence electrons. The Labute approximate surface area is 129 Å². The zero-order valence-electron chi connectivity index (χ0n) is 11.2. The summed E-state index contributed by atoms with van der Waals surface area (Å²) in [5, 5.41) is 8.95. The van der Waals surface area contributed by atoms with Gasteiger partial charge in [-0.1, -0.05) is 11.6 Å². The van der Waals surface area contributed by atoms with Crippen LogP contribution in [0.15, 0.2) is 5.38 Å². The molecule has 1 aromatic rings. The van der Waals surface area contributed by atoms with Crippen LogP contribution in [0.4, 0.5) is 0 Å². The molecule has 1 aromatic heterocycles. The Morgan fingerprint density at radius 1 is 1.63 bits per heavy atom. The largest absolute Gasteiger partial charge is 0.349 e. The van der Waals surface area contributed by atoms with Gasteiger partial charge in [0.05, 0.1) is 5.02 Å². The van der Waals surface area contributed by atoms with Gasteiger partial charge in [0, 0.05) is 6.04 Å². The number of amides is 1. The zero-order chi connectivity index (χ0) is 13.1. The molecule has 3 nitrogen and oxygen atoms in total. The fourth-order valence-electron chi connectivity index (χ4n) is 2.28. The lowest BCUT2D eigenvalue weighted by molar-refractivity contribution is 0.0926. The average Bonchev–Trinajstić information content (AvgIpc) is 2.71. The normalized spacial score (nSPS) is 20.5. The van der Waals surface area contributed by atoms with Crippen molar-refractivity contribution in [1.29, 1.82) is 0 Å². The van der Waals surface area contributed by atoms with Crippen LogP contribution in [0.1, 0.15) is 35.0 Å². The Morgan fingerprint density at radius 3 is 2.89 bits per heavy atom. The van der Waals surface area contributed by atoms with Gasteiger partial charge in [0.25, 0.3) is 5.91 Å². The number of hydrogen-bond donors (Lipinski definition) is 2. The second kappa shape index (κ2) is 7.48. The van der Waals surface area contributed by atoms with Crippen molar-refractivity contribution in [2.75, 3.05) is 13.1 Å². The van der Waals surface area contributed by atoms with E-state index in [4.69, 9.17) is 11.6 Å². The molecule has 1 amide bonds. The molecule has 2 atom stereocenters. The molecule has 2 heterocycles. The van der Waals surface area contributed by atoms with Gasteiger partial charge in [0.15, 0.2) is 0 Å². The van der Waals surface area contributed by atoms with Crippen molar-refractivity contribution in [2.24, 2.45) is 5.92 Å². The SMILES string of the molecule is Cc1csc(C(=O)NC(C)C2CCCNC2)c1Cl.Cl. The van der Waals surface area contributed by atoms with E-state index in [1.54, 1.807) is 0 Å². The van der Waals surface area contributed by atoms with Crippen LogP contribution < -0.4 is 10.6 Å². The summed E-state index contributed by atoms with van der Waals surface area (Å²) >= 11 is 7.52. The van der Waals surface area contributed by atoms with Crippen LogP contribution in [0, 0.1) is 12.8 Å². The number of thiophene rings is 1. The highest BCUT2D eigenvalue weighted by atomic mass is 35.5. The number of halogens is 2. The highest BCUT2D eigenvalue weighted by Gasteiger charge is 2.23. The number of hydrogen-bond acceptors (Lipinski definition) is 3.